The number of hydrogen-bond donors (Lipinski definition) is 0. The normalized spacial score (nSPS) is 11.4. The molecule has 0 unspecified atom stereocenters. The molecule has 0 aliphatic heterocycles. The third-order valence-electron chi connectivity index (χ3n) is 8.38. The predicted molar refractivity (Wildman–Crippen MR) is 185 cm³/mol. The second-order valence-electron chi connectivity index (χ2n) is 11.2. The van der Waals surface area contributed by atoms with Crippen molar-refractivity contribution in [3.8, 4) is 51.2 Å². The van der Waals surface area contributed by atoms with E-state index in [1.807, 2.05) is 102 Å². The van der Waals surface area contributed by atoms with Gasteiger partial charge < -0.3 is 0 Å². The zero-order valence-electron chi connectivity index (χ0n) is 25.1. The summed E-state index contributed by atoms with van der Waals surface area (Å²) in [6.07, 6.45) is 0. The Morgan fingerprint density at radius 2 is 0.936 bits per heavy atom. The van der Waals surface area contributed by atoms with Crippen LogP contribution in [0.2, 0.25) is 0 Å². The highest BCUT2D eigenvalue weighted by Crippen LogP contribution is 2.37. The van der Waals surface area contributed by atoms with Crippen LogP contribution in [0, 0.1) is 0 Å². The van der Waals surface area contributed by atoms with Crippen LogP contribution in [0.1, 0.15) is 0 Å². The zero-order valence-corrected chi connectivity index (χ0v) is 25.1. The lowest BCUT2D eigenvalue weighted by molar-refractivity contribution is 0.823. The summed E-state index contributed by atoms with van der Waals surface area (Å²) < 4.78 is 6.21. The highest BCUT2D eigenvalue weighted by Gasteiger charge is 2.24. The minimum absolute atomic E-state index is 0.690. The maximum Gasteiger partial charge on any atom is 0.171 e. The summed E-state index contributed by atoms with van der Waals surface area (Å²) in [6.45, 7) is 0. The maximum atomic E-state index is 5.10. The van der Waals surface area contributed by atoms with Crippen molar-refractivity contribution >= 4 is 22.1 Å². The second kappa shape index (κ2) is 11.0. The van der Waals surface area contributed by atoms with E-state index in [4.69, 9.17) is 15.2 Å². The van der Waals surface area contributed by atoms with Crippen molar-refractivity contribution in [1.29, 1.82) is 0 Å². The Morgan fingerprint density at radius 3 is 1.68 bits per heavy atom. The molecule has 6 aromatic carbocycles. The van der Waals surface area contributed by atoms with E-state index in [1.165, 1.54) is 0 Å². The molecule has 9 rings (SSSR count). The number of benzene rings is 6. The third-order valence-corrected chi connectivity index (χ3v) is 8.38. The van der Waals surface area contributed by atoms with Gasteiger partial charge in [-0.05, 0) is 60.7 Å². The van der Waals surface area contributed by atoms with Gasteiger partial charge in [-0.2, -0.15) is 0 Å². The standard InChI is InChI=1S/C39H26N8/c1-3-15-27(16-4-1)37-40-31-21-9-13-25-35(31)46(37)33-23-11-7-19-29(33)38-42-43-39(45(38)28-17-5-2-6-18-28)30-20-8-12-24-34(30)47-36-26-14-10-22-32(36)41-44-47/h1-26H. The van der Waals surface area contributed by atoms with Gasteiger partial charge in [-0.3, -0.25) is 9.13 Å². The Balaban J connectivity index is 1.31. The van der Waals surface area contributed by atoms with E-state index in [-0.39, 0.29) is 0 Å². The second-order valence-corrected chi connectivity index (χ2v) is 11.2. The number of imidazole rings is 1. The van der Waals surface area contributed by atoms with E-state index in [9.17, 15) is 0 Å². The van der Waals surface area contributed by atoms with Crippen molar-refractivity contribution in [2.24, 2.45) is 0 Å². The molecule has 0 atom stereocenters. The lowest BCUT2D eigenvalue weighted by atomic mass is 10.1. The van der Waals surface area contributed by atoms with Gasteiger partial charge in [0.2, 0.25) is 0 Å². The molecular formula is C39H26N8. The quantitative estimate of drug-likeness (QED) is 0.190. The molecule has 0 aliphatic carbocycles. The molecule has 0 saturated carbocycles. The summed E-state index contributed by atoms with van der Waals surface area (Å²) in [7, 11) is 0. The fourth-order valence-electron chi connectivity index (χ4n) is 6.26. The molecule has 3 aromatic heterocycles. The highest BCUT2D eigenvalue weighted by atomic mass is 15.4. The highest BCUT2D eigenvalue weighted by molar-refractivity contribution is 5.86. The molecule has 47 heavy (non-hydrogen) atoms. The van der Waals surface area contributed by atoms with Gasteiger partial charge in [0.1, 0.15) is 11.3 Å². The van der Waals surface area contributed by atoms with E-state index >= 15 is 0 Å². The van der Waals surface area contributed by atoms with Crippen LogP contribution in [0.25, 0.3) is 73.3 Å². The molecular weight excluding hydrogens is 580 g/mol. The number of fused-ring (bicyclic) bond motifs is 2. The molecule has 9 aromatic rings. The van der Waals surface area contributed by atoms with E-state index in [0.717, 1.165) is 61.6 Å². The number of hydrogen-bond acceptors (Lipinski definition) is 5. The first-order chi connectivity index (χ1) is 23.3. The number of nitrogens with zero attached hydrogens (tertiary/aromatic N) is 8. The topological polar surface area (TPSA) is 79.2 Å². The van der Waals surface area contributed by atoms with Crippen LogP contribution in [-0.4, -0.2) is 39.3 Å². The van der Waals surface area contributed by atoms with Crippen LogP contribution < -0.4 is 0 Å². The molecule has 0 fully saturated rings. The molecule has 222 valence electrons. The van der Waals surface area contributed by atoms with Crippen LogP contribution in [-0.2, 0) is 0 Å². The number of para-hydroxylation sites is 6. The van der Waals surface area contributed by atoms with Crippen molar-refractivity contribution in [3.63, 3.8) is 0 Å². The van der Waals surface area contributed by atoms with E-state index in [2.05, 4.69) is 80.1 Å². The smallest absolute Gasteiger partial charge is 0.171 e. The number of rotatable bonds is 6. The summed E-state index contributed by atoms with van der Waals surface area (Å²) in [5.41, 5.74) is 9.23. The average Bonchev–Trinajstić information content (AvgIpc) is 3.88. The molecule has 8 nitrogen and oxygen atoms in total. The molecule has 0 saturated heterocycles. The molecule has 0 radical (unpaired) electrons. The summed E-state index contributed by atoms with van der Waals surface area (Å²) >= 11 is 0. The predicted octanol–water partition coefficient (Wildman–Crippen LogP) is 8.34. The Hall–Kier alpha value is -6.67. The first kappa shape index (κ1) is 26.7. The van der Waals surface area contributed by atoms with Gasteiger partial charge in [0.15, 0.2) is 11.6 Å². The Bertz CT molecular complexity index is 2530. The summed E-state index contributed by atoms with van der Waals surface area (Å²) in [5, 5.41) is 18.7. The fraction of sp³-hybridized carbons (Fsp3) is 0. The fourth-order valence-corrected chi connectivity index (χ4v) is 6.26. The Morgan fingerprint density at radius 1 is 0.383 bits per heavy atom. The molecule has 0 amide bonds. The molecule has 8 heteroatoms. The van der Waals surface area contributed by atoms with Crippen molar-refractivity contribution in [2.45, 2.75) is 0 Å². The van der Waals surface area contributed by atoms with Gasteiger partial charge in [0.05, 0.1) is 27.9 Å². The molecule has 0 N–H and O–H groups in total. The van der Waals surface area contributed by atoms with Gasteiger partial charge >= 0.3 is 0 Å². The van der Waals surface area contributed by atoms with Crippen molar-refractivity contribution < 1.29 is 0 Å². The monoisotopic (exact) mass is 606 g/mol. The first-order valence-electron chi connectivity index (χ1n) is 15.4. The molecule has 3 heterocycles. The largest absolute Gasteiger partial charge is 0.292 e. The van der Waals surface area contributed by atoms with Crippen molar-refractivity contribution in [1.82, 2.24) is 39.3 Å². The molecule has 0 aliphatic rings. The summed E-state index contributed by atoms with van der Waals surface area (Å²) in [5.74, 6) is 2.25. The minimum Gasteiger partial charge on any atom is -0.292 e. The van der Waals surface area contributed by atoms with Crippen molar-refractivity contribution in [2.75, 3.05) is 0 Å². The zero-order chi connectivity index (χ0) is 31.2. The van der Waals surface area contributed by atoms with E-state index in [0.29, 0.717) is 11.6 Å². The molecule has 0 bridgehead atoms. The van der Waals surface area contributed by atoms with Crippen LogP contribution >= 0.6 is 0 Å². The SMILES string of the molecule is c1ccc(-c2nc3ccccc3n2-c2ccccc2-c2nnc(-c3ccccc3-n3nnc4ccccc43)n2-c2ccccc2)cc1. The Kier molecular flexibility index (Phi) is 6.28. The lowest BCUT2D eigenvalue weighted by Crippen LogP contribution is -2.06. The summed E-state index contributed by atoms with van der Waals surface area (Å²) in [6, 6.07) is 53.1. The van der Waals surface area contributed by atoms with Crippen LogP contribution in [0.4, 0.5) is 0 Å². The van der Waals surface area contributed by atoms with Gasteiger partial charge in [0.25, 0.3) is 0 Å². The third kappa shape index (κ3) is 4.42. The maximum absolute atomic E-state index is 5.10. The van der Waals surface area contributed by atoms with E-state index < -0.39 is 0 Å². The van der Waals surface area contributed by atoms with Gasteiger partial charge in [-0.15, -0.1) is 15.3 Å². The average molecular weight is 607 g/mol. The van der Waals surface area contributed by atoms with Crippen molar-refractivity contribution in [3.05, 3.63) is 158 Å². The van der Waals surface area contributed by atoms with Gasteiger partial charge in [-0.1, -0.05) is 102 Å². The number of aromatic nitrogens is 8. The van der Waals surface area contributed by atoms with Gasteiger partial charge in [0, 0.05) is 22.4 Å². The van der Waals surface area contributed by atoms with Crippen LogP contribution in [0.3, 0.4) is 0 Å². The minimum atomic E-state index is 0.690. The Labute approximate surface area is 269 Å². The first-order valence-corrected chi connectivity index (χ1v) is 15.4. The summed E-state index contributed by atoms with van der Waals surface area (Å²) in [4.78, 5) is 5.10. The van der Waals surface area contributed by atoms with Crippen LogP contribution in [0.5, 0.6) is 0 Å². The van der Waals surface area contributed by atoms with Crippen LogP contribution in [0.15, 0.2) is 158 Å². The lowest BCUT2D eigenvalue weighted by Gasteiger charge is -2.17. The van der Waals surface area contributed by atoms with Gasteiger partial charge in [-0.25, -0.2) is 9.67 Å². The molecule has 0 spiro atoms. The van der Waals surface area contributed by atoms with E-state index in [1.54, 1.807) is 0 Å².